The maximum absolute atomic E-state index is 11.7. The number of sulfonamides is 1. The zero-order valence-electron chi connectivity index (χ0n) is 9.97. The molecule has 98 valence electrons. The Kier molecular flexibility index (Phi) is 3.35. The van der Waals surface area contributed by atoms with Crippen LogP contribution in [0, 0.1) is 0 Å². The number of nitrogens with zero attached hydrogens (tertiary/aromatic N) is 1. The molecule has 1 unspecified atom stereocenters. The fourth-order valence-corrected chi connectivity index (χ4v) is 3.15. The smallest absolute Gasteiger partial charge is 0.295 e. The van der Waals surface area contributed by atoms with Crippen LogP contribution >= 0.6 is 11.6 Å². The van der Waals surface area contributed by atoms with E-state index in [0.717, 1.165) is 5.56 Å². The quantitative estimate of drug-likeness (QED) is 0.665. The molecule has 0 aromatic heterocycles. The molecule has 1 N–H and O–H groups in total. The zero-order chi connectivity index (χ0) is 13.5. The van der Waals surface area contributed by atoms with Gasteiger partial charge in [-0.1, -0.05) is 6.07 Å². The van der Waals surface area contributed by atoms with Crippen LogP contribution in [0.1, 0.15) is 12.5 Å². The van der Waals surface area contributed by atoms with Gasteiger partial charge in [-0.25, -0.2) is 13.1 Å². The van der Waals surface area contributed by atoms with Crippen LogP contribution in [-0.2, 0) is 16.4 Å². The monoisotopic (exact) mass is 288 g/mol. The van der Waals surface area contributed by atoms with Crippen LogP contribution in [0.4, 0.5) is 10.5 Å². The summed E-state index contributed by atoms with van der Waals surface area (Å²) in [5.41, 5.74) is 1.49. The van der Waals surface area contributed by atoms with E-state index in [1.54, 1.807) is 6.07 Å². The highest BCUT2D eigenvalue weighted by Gasteiger charge is 2.31. The molecular weight excluding hydrogens is 276 g/mol. The first kappa shape index (κ1) is 13.3. The Morgan fingerprint density at radius 2 is 2.17 bits per heavy atom. The Morgan fingerprint density at radius 3 is 2.72 bits per heavy atom. The van der Waals surface area contributed by atoms with Crippen LogP contribution in [-0.4, -0.2) is 26.9 Å². The van der Waals surface area contributed by atoms with Crippen LogP contribution in [0.25, 0.3) is 0 Å². The molecule has 1 amide bonds. The molecule has 1 aromatic carbocycles. The zero-order valence-corrected chi connectivity index (χ0v) is 11.5. The number of hydrogen-bond acceptors (Lipinski definition) is 3. The van der Waals surface area contributed by atoms with Gasteiger partial charge in [0.1, 0.15) is 0 Å². The van der Waals surface area contributed by atoms with Crippen LogP contribution < -0.4 is 9.62 Å². The largest absolute Gasteiger partial charge is 0.321 e. The molecule has 0 aliphatic carbocycles. The lowest BCUT2D eigenvalue weighted by atomic mass is 10.1. The molecule has 0 saturated carbocycles. The van der Waals surface area contributed by atoms with Gasteiger partial charge in [-0.3, -0.25) is 9.69 Å². The Hall–Kier alpha value is -1.11. The number of rotatable bonds is 2. The van der Waals surface area contributed by atoms with Crippen molar-refractivity contribution >= 4 is 32.7 Å². The summed E-state index contributed by atoms with van der Waals surface area (Å²) in [6, 6.07) is 4.66. The van der Waals surface area contributed by atoms with Crippen molar-refractivity contribution in [1.82, 2.24) is 4.72 Å². The Bertz CT molecular complexity index is 600. The number of nitrogens with one attached hydrogen (secondary N) is 1. The van der Waals surface area contributed by atoms with Crippen LogP contribution in [0.3, 0.4) is 0 Å². The molecule has 1 aliphatic rings. The summed E-state index contributed by atoms with van der Waals surface area (Å²) in [7, 11) is -2.17. The van der Waals surface area contributed by atoms with Gasteiger partial charge in [0.25, 0.3) is 0 Å². The van der Waals surface area contributed by atoms with Gasteiger partial charge in [-0.2, -0.15) is 0 Å². The van der Waals surface area contributed by atoms with Crippen LogP contribution in [0.5, 0.6) is 0 Å². The lowest BCUT2D eigenvalue weighted by Gasteiger charge is -2.19. The van der Waals surface area contributed by atoms with Gasteiger partial charge in [0.15, 0.2) is 0 Å². The highest BCUT2D eigenvalue weighted by atomic mass is 35.5. The number of anilines is 1. The van der Waals surface area contributed by atoms with Crippen molar-refractivity contribution in [3.63, 3.8) is 0 Å². The summed E-state index contributed by atoms with van der Waals surface area (Å²) in [4.78, 5) is 12.9. The van der Waals surface area contributed by atoms with Crippen molar-refractivity contribution in [2.24, 2.45) is 0 Å². The van der Waals surface area contributed by atoms with E-state index in [0.29, 0.717) is 12.1 Å². The highest BCUT2D eigenvalue weighted by Crippen LogP contribution is 2.34. The van der Waals surface area contributed by atoms with E-state index in [1.165, 1.54) is 24.1 Å². The second-order valence-electron chi connectivity index (χ2n) is 4.17. The van der Waals surface area contributed by atoms with E-state index >= 15 is 0 Å². The lowest BCUT2D eigenvalue weighted by Crippen LogP contribution is -2.31. The molecule has 0 saturated heterocycles. The van der Waals surface area contributed by atoms with Gasteiger partial charge in [-0.05, 0) is 49.7 Å². The minimum Gasteiger partial charge on any atom is -0.295 e. The summed E-state index contributed by atoms with van der Waals surface area (Å²) in [5, 5.41) is -0.597. The fraction of sp³-hybridized carbons (Fsp3) is 0.364. The van der Waals surface area contributed by atoms with Gasteiger partial charge in [0.2, 0.25) is 10.0 Å². The SMILES string of the molecule is CNS(=O)(=O)c1ccc2c(c1)N(C(=O)Cl)C(C)C2. The molecule has 1 atom stereocenters. The Labute approximate surface area is 111 Å². The van der Waals surface area contributed by atoms with E-state index in [4.69, 9.17) is 11.6 Å². The lowest BCUT2D eigenvalue weighted by molar-refractivity contribution is 0.263. The van der Waals surface area contributed by atoms with E-state index in [-0.39, 0.29) is 10.9 Å². The third-order valence-corrected chi connectivity index (χ3v) is 4.63. The van der Waals surface area contributed by atoms with Crippen molar-refractivity contribution in [2.75, 3.05) is 11.9 Å². The molecule has 1 aromatic rings. The van der Waals surface area contributed by atoms with Gasteiger partial charge < -0.3 is 0 Å². The molecule has 1 aliphatic heterocycles. The highest BCUT2D eigenvalue weighted by molar-refractivity contribution is 7.89. The normalized spacial score (nSPS) is 18.8. The minimum absolute atomic E-state index is 0.0578. The standard InChI is InChI=1S/C11H13ClN2O3S/c1-7-5-8-3-4-9(18(16,17)13-2)6-10(8)14(7)11(12)15/h3-4,6-7,13H,5H2,1-2H3. The van der Waals surface area contributed by atoms with Crippen molar-refractivity contribution in [2.45, 2.75) is 24.3 Å². The third kappa shape index (κ3) is 2.11. The first-order valence-corrected chi connectivity index (χ1v) is 7.28. The first-order chi connectivity index (χ1) is 8.36. The Morgan fingerprint density at radius 1 is 1.50 bits per heavy atom. The second kappa shape index (κ2) is 4.53. The summed E-state index contributed by atoms with van der Waals surface area (Å²) in [6.07, 6.45) is 0.674. The van der Waals surface area contributed by atoms with E-state index in [2.05, 4.69) is 4.72 Å². The van der Waals surface area contributed by atoms with Gasteiger partial charge >= 0.3 is 5.37 Å². The molecule has 18 heavy (non-hydrogen) atoms. The molecule has 1 heterocycles. The maximum atomic E-state index is 11.7. The number of hydrogen-bond donors (Lipinski definition) is 1. The first-order valence-electron chi connectivity index (χ1n) is 5.42. The molecule has 0 fully saturated rings. The number of carbonyl (C=O) groups is 1. The molecule has 7 heteroatoms. The third-order valence-electron chi connectivity index (χ3n) is 3.04. The van der Waals surface area contributed by atoms with Crippen LogP contribution in [0.15, 0.2) is 23.1 Å². The summed E-state index contributed by atoms with van der Waals surface area (Å²) in [5.74, 6) is 0. The average Bonchev–Trinajstić information content (AvgIpc) is 2.63. The fourth-order valence-electron chi connectivity index (χ4n) is 2.14. The van der Waals surface area contributed by atoms with Crippen molar-refractivity contribution < 1.29 is 13.2 Å². The van der Waals surface area contributed by atoms with Crippen molar-refractivity contribution in [3.8, 4) is 0 Å². The van der Waals surface area contributed by atoms with Crippen molar-refractivity contribution in [1.29, 1.82) is 0 Å². The molecule has 0 radical (unpaired) electrons. The molecule has 5 nitrogen and oxygen atoms in total. The predicted octanol–water partition coefficient (Wildman–Crippen LogP) is 1.70. The number of amides is 1. The topological polar surface area (TPSA) is 66.5 Å². The predicted molar refractivity (Wildman–Crippen MR) is 69.6 cm³/mol. The summed E-state index contributed by atoms with van der Waals surface area (Å²) < 4.78 is 25.7. The summed E-state index contributed by atoms with van der Waals surface area (Å²) in [6.45, 7) is 1.87. The minimum atomic E-state index is -3.52. The van der Waals surface area contributed by atoms with Crippen molar-refractivity contribution in [3.05, 3.63) is 23.8 Å². The Balaban J connectivity index is 2.54. The average molecular weight is 289 g/mol. The van der Waals surface area contributed by atoms with E-state index in [9.17, 15) is 13.2 Å². The molecule has 0 bridgehead atoms. The maximum Gasteiger partial charge on any atom is 0.321 e. The van der Waals surface area contributed by atoms with E-state index in [1.807, 2.05) is 6.92 Å². The molecule has 0 spiro atoms. The van der Waals surface area contributed by atoms with E-state index < -0.39 is 15.4 Å². The number of halogens is 1. The molecule has 2 rings (SSSR count). The number of benzene rings is 1. The van der Waals surface area contributed by atoms with Crippen LogP contribution in [0.2, 0.25) is 0 Å². The van der Waals surface area contributed by atoms with Gasteiger partial charge in [0.05, 0.1) is 4.90 Å². The second-order valence-corrected chi connectivity index (χ2v) is 6.38. The van der Waals surface area contributed by atoms with Gasteiger partial charge in [-0.15, -0.1) is 0 Å². The number of fused-ring (bicyclic) bond motifs is 1. The van der Waals surface area contributed by atoms with Gasteiger partial charge in [0, 0.05) is 11.7 Å². The molecular formula is C11H13ClN2O3S. The summed E-state index contributed by atoms with van der Waals surface area (Å²) >= 11 is 5.53. The number of carbonyl (C=O) groups excluding carboxylic acids is 1.